The van der Waals surface area contributed by atoms with Gasteiger partial charge in [0.05, 0.1) is 33.0 Å². The van der Waals surface area contributed by atoms with E-state index in [1.807, 2.05) is 0 Å². The minimum Gasteiger partial charge on any atom is -0.382 e. The van der Waals surface area contributed by atoms with Crippen LogP contribution in [-0.2, 0) is 14.2 Å². The van der Waals surface area contributed by atoms with Crippen molar-refractivity contribution in [2.45, 2.75) is 45.1 Å². The molecule has 2 atom stereocenters. The first-order valence-corrected chi connectivity index (χ1v) is 7.72. The molecule has 4 heteroatoms. The van der Waals surface area contributed by atoms with E-state index in [9.17, 15) is 0 Å². The molecule has 0 radical (unpaired) electrons. The summed E-state index contributed by atoms with van der Waals surface area (Å²) < 4.78 is 15.8. The van der Waals surface area contributed by atoms with Crippen LogP contribution < -0.4 is 5.32 Å². The molecule has 4 nitrogen and oxygen atoms in total. The predicted octanol–water partition coefficient (Wildman–Crippen LogP) is 2.22. The van der Waals surface area contributed by atoms with Crippen LogP contribution >= 0.6 is 0 Å². The van der Waals surface area contributed by atoms with Gasteiger partial charge in [-0.15, -0.1) is 0 Å². The molecule has 0 spiro atoms. The molecule has 2 unspecified atom stereocenters. The van der Waals surface area contributed by atoms with Crippen LogP contribution in [0.25, 0.3) is 0 Å². The van der Waals surface area contributed by atoms with Crippen molar-refractivity contribution in [3.63, 3.8) is 0 Å². The number of methoxy groups -OCH3 is 1. The molecule has 0 heterocycles. The molecule has 0 aromatic heterocycles. The number of hydrogen-bond donors (Lipinski definition) is 1. The van der Waals surface area contributed by atoms with Gasteiger partial charge in [-0.05, 0) is 18.8 Å². The minimum absolute atomic E-state index is 0.650. The average molecular weight is 273 g/mol. The van der Waals surface area contributed by atoms with E-state index in [4.69, 9.17) is 14.2 Å². The molecule has 1 aliphatic rings. The SMILES string of the molecule is COCCOCCOCCNC1CCCCCC1C. The quantitative estimate of drug-likeness (QED) is 0.489. The number of nitrogens with one attached hydrogen (secondary N) is 1. The molecule has 0 amide bonds. The molecule has 0 aromatic rings. The molecule has 0 aliphatic heterocycles. The molecule has 1 N–H and O–H groups in total. The van der Waals surface area contributed by atoms with Crippen molar-refractivity contribution in [3.05, 3.63) is 0 Å². The topological polar surface area (TPSA) is 39.7 Å². The second-order valence-corrected chi connectivity index (χ2v) is 5.39. The van der Waals surface area contributed by atoms with Gasteiger partial charge in [0.25, 0.3) is 0 Å². The van der Waals surface area contributed by atoms with E-state index in [-0.39, 0.29) is 0 Å². The average Bonchev–Trinajstić information content (AvgIpc) is 2.62. The Morgan fingerprint density at radius 3 is 2.37 bits per heavy atom. The normalized spacial score (nSPS) is 24.3. The summed E-state index contributed by atoms with van der Waals surface area (Å²) in [4.78, 5) is 0. The monoisotopic (exact) mass is 273 g/mol. The van der Waals surface area contributed by atoms with Crippen molar-refractivity contribution >= 4 is 0 Å². The number of hydrogen-bond acceptors (Lipinski definition) is 4. The van der Waals surface area contributed by atoms with Crippen LogP contribution in [-0.4, -0.2) is 52.7 Å². The lowest BCUT2D eigenvalue weighted by Gasteiger charge is -2.22. The fourth-order valence-electron chi connectivity index (χ4n) is 2.58. The molecule has 1 saturated carbocycles. The zero-order chi connectivity index (χ0) is 13.8. The maximum Gasteiger partial charge on any atom is 0.0701 e. The van der Waals surface area contributed by atoms with Crippen molar-refractivity contribution < 1.29 is 14.2 Å². The first-order valence-electron chi connectivity index (χ1n) is 7.72. The maximum absolute atomic E-state index is 5.54. The molecule has 0 saturated heterocycles. The standard InChI is InChI=1S/C15H31NO3/c1-14-6-4-3-5-7-15(14)16-8-9-18-12-13-19-11-10-17-2/h14-16H,3-13H2,1-2H3. The smallest absolute Gasteiger partial charge is 0.0701 e. The Morgan fingerprint density at radius 2 is 1.58 bits per heavy atom. The summed E-state index contributed by atoms with van der Waals surface area (Å²) in [7, 11) is 1.68. The van der Waals surface area contributed by atoms with E-state index < -0.39 is 0 Å². The highest BCUT2D eigenvalue weighted by Crippen LogP contribution is 2.22. The van der Waals surface area contributed by atoms with Gasteiger partial charge >= 0.3 is 0 Å². The summed E-state index contributed by atoms with van der Waals surface area (Å²) in [5.74, 6) is 0.805. The molecule has 1 rings (SSSR count). The van der Waals surface area contributed by atoms with Crippen LogP contribution in [0.3, 0.4) is 0 Å². The molecule has 114 valence electrons. The Labute approximate surface area is 118 Å². The van der Waals surface area contributed by atoms with Crippen LogP contribution in [0.2, 0.25) is 0 Å². The zero-order valence-corrected chi connectivity index (χ0v) is 12.7. The Hall–Kier alpha value is -0.160. The van der Waals surface area contributed by atoms with E-state index in [2.05, 4.69) is 12.2 Å². The van der Waals surface area contributed by atoms with E-state index in [0.29, 0.717) is 32.5 Å². The van der Waals surface area contributed by atoms with Gasteiger partial charge in [-0.1, -0.05) is 26.2 Å². The summed E-state index contributed by atoms with van der Waals surface area (Å²) in [6.07, 6.45) is 6.86. The third kappa shape index (κ3) is 8.58. The van der Waals surface area contributed by atoms with Crippen LogP contribution in [0.5, 0.6) is 0 Å². The molecule has 19 heavy (non-hydrogen) atoms. The minimum atomic E-state index is 0.650. The van der Waals surface area contributed by atoms with Crippen LogP contribution in [0.15, 0.2) is 0 Å². The van der Waals surface area contributed by atoms with Crippen molar-refractivity contribution in [1.82, 2.24) is 5.32 Å². The summed E-state index contributed by atoms with van der Waals surface area (Å²) in [5.41, 5.74) is 0. The van der Waals surface area contributed by atoms with Gasteiger partial charge in [0.15, 0.2) is 0 Å². The van der Waals surface area contributed by atoms with Crippen LogP contribution in [0.1, 0.15) is 39.0 Å². The third-order valence-electron chi connectivity index (χ3n) is 3.82. The first kappa shape index (κ1) is 16.9. The zero-order valence-electron chi connectivity index (χ0n) is 12.7. The van der Waals surface area contributed by atoms with Gasteiger partial charge in [0, 0.05) is 19.7 Å². The van der Waals surface area contributed by atoms with Gasteiger partial charge in [-0.25, -0.2) is 0 Å². The van der Waals surface area contributed by atoms with Crippen LogP contribution in [0.4, 0.5) is 0 Å². The van der Waals surface area contributed by atoms with Gasteiger partial charge in [0.1, 0.15) is 0 Å². The second-order valence-electron chi connectivity index (χ2n) is 5.39. The van der Waals surface area contributed by atoms with Crippen LogP contribution in [0, 0.1) is 5.92 Å². The van der Waals surface area contributed by atoms with E-state index in [1.54, 1.807) is 7.11 Å². The second kappa shape index (κ2) is 11.6. The summed E-state index contributed by atoms with van der Waals surface area (Å²) in [5, 5.41) is 3.64. The summed E-state index contributed by atoms with van der Waals surface area (Å²) in [6, 6.07) is 0.684. The lowest BCUT2D eigenvalue weighted by molar-refractivity contribution is 0.0249. The fraction of sp³-hybridized carbons (Fsp3) is 1.00. The Kier molecular flexibility index (Phi) is 10.4. The molecular formula is C15H31NO3. The summed E-state index contributed by atoms with van der Waals surface area (Å²) >= 11 is 0. The number of rotatable bonds is 10. The highest BCUT2D eigenvalue weighted by Gasteiger charge is 2.18. The Balaban J connectivity index is 1.89. The molecular weight excluding hydrogens is 242 g/mol. The van der Waals surface area contributed by atoms with Crippen molar-refractivity contribution in [3.8, 4) is 0 Å². The first-order chi connectivity index (χ1) is 9.34. The Morgan fingerprint density at radius 1 is 0.895 bits per heavy atom. The number of ether oxygens (including phenoxy) is 3. The van der Waals surface area contributed by atoms with Gasteiger partial charge in [-0.2, -0.15) is 0 Å². The van der Waals surface area contributed by atoms with E-state index >= 15 is 0 Å². The van der Waals surface area contributed by atoms with E-state index in [1.165, 1.54) is 32.1 Å². The predicted molar refractivity (Wildman–Crippen MR) is 77.6 cm³/mol. The van der Waals surface area contributed by atoms with E-state index in [0.717, 1.165) is 19.1 Å². The molecule has 0 aromatic carbocycles. The highest BCUT2D eigenvalue weighted by atomic mass is 16.5. The highest BCUT2D eigenvalue weighted by molar-refractivity contribution is 4.76. The summed E-state index contributed by atoms with van der Waals surface area (Å²) in [6.45, 7) is 6.73. The third-order valence-corrected chi connectivity index (χ3v) is 3.82. The fourth-order valence-corrected chi connectivity index (χ4v) is 2.58. The molecule has 0 bridgehead atoms. The largest absolute Gasteiger partial charge is 0.382 e. The lowest BCUT2D eigenvalue weighted by atomic mass is 9.97. The van der Waals surface area contributed by atoms with Gasteiger partial charge in [-0.3, -0.25) is 0 Å². The van der Waals surface area contributed by atoms with Crippen molar-refractivity contribution in [2.24, 2.45) is 5.92 Å². The van der Waals surface area contributed by atoms with Crippen molar-refractivity contribution in [1.29, 1.82) is 0 Å². The van der Waals surface area contributed by atoms with Gasteiger partial charge in [0.2, 0.25) is 0 Å². The van der Waals surface area contributed by atoms with Gasteiger partial charge < -0.3 is 19.5 Å². The maximum atomic E-state index is 5.54. The molecule has 1 aliphatic carbocycles. The Bertz CT molecular complexity index is 202. The van der Waals surface area contributed by atoms with Crippen molar-refractivity contribution in [2.75, 3.05) is 46.7 Å². The lowest BCUT2D eigenvalue weighted by Crippen LogP contribution is -2.36. The molecule has 1 fully saturated rings.